The molecule has 0 radical (unpaired) electrons. The maximum atomic E-state index is 12.2. The summed E-state index contributed by atoms with van der Waals surface area (Å²) in [4.78, 5) is 0. The zero-order valence-corrected chi connectivity index (χ0v) is 10.2. The summed E-state index contributed by atoms with van der Waals surface area (Å²) in [5.74, 6) is 0.434. The van der Waals surface area contributed by atoms with E-state index in [4.69, 9.17) is 4.74 Å². The largest absolute Gasteiger partial charge is 0.496 e. The van der Waals surface area contributed by atoms with Crippen molar-refractivity contribution in [3.8, 4) is 5.75 Å². The molecule has 0 bridgehead atoms. The molecular weight excluding hydrogens is 247 g/mol. The van der Waals surface area contributed by atoms with Crippen LogP contribution in [0.5, 0.6) is 5.75 Å². The molecule has 1 aromatic rings. The van der Waals surface area contributed by atoms with Gasteiger partial charge in [0.15, 0.2) is 0 Å². The molecule has 0 heterocycles. The number of ether oxygens (including phenoxy) is 1. The van der Waals surface area contributed by atoms with Gasteiger partial charge in [0.2, 0.25) is 0 Å². The Morgan fingerprint density at radius 3 is 2.39 bits per heavy atom. The van der Waals surface area contributed by atoms with Crippen molar-refractivity contribution in [3.63, 3.8) is 0 Å². The van der Waals surface area contributed by atoms with Crippen LogP contribution in [0.4, 0.5) is 13.2 Å². The van der Waals surface area contributed by atoms with Gasteiger partial charge in [-0.25, -0.2) is 0 Å². The van der Waals surface area contributed by atoms with Gasteiger partial charge in [-0.05, 0) is 13.0 Å². The number of para-hydroxylation sites is 1. The number of methoxy groups -OCH3 is 1. The van der Waals surface area contributed by atoms with Crippen molar-refractivity contribution < 1.29 is 23.0 Å². The van der Waals surface area contributed by atoms with Crippen molar-refractivity contribution in [1.29, 1.82) is 0 Å². The fraction of sp³-hybridized carbons (Fsp3) is 0.500. The minimum Gasteiger partial charge on any atom is -0.496 e. The van der Waals surface area contributed by atoms with Crippen molar-refractivity contribution in [2.75, 3.05) is 20.3 Å². The lowest BCUT2D eigenvalue weighted by Gasteiger charge is -2.31. The van der Waals surface area contributed by atoms with E-state index in [-0.39, 0.29) is 0 Å². The molecule has 102 valence electrons. The lowest BCUT2D eigenvalue weighted by Crippen LogP contribution is -2.47. The molecule has 2 N–H and O–H groups in total. The van der Waals surface area contributed by atoms with Gasteiger partial charge in [-0.2, -0.15) is 13.2 Å². The molecule has 0 aromatic heterocycles. The highest BCUT2D eigenvalue weighted by molar-refractivity contribution is 5.38. The normalized spacial score (nSPS) is 15.2. The van der Waals surface area contributed by atoms with Gasteiger partial charge in [0.25, 0.3) is 0 Å². The predicted octanol–water partition coefficient (Wildman–Crippen LogP) is 2.05. The summed E-state index contributed by atoms with van der Waals surface area (Å²) in [6.45, 7) is -0.151. The molecule has 1 aromatic carbocycles. The molecule has 6 heteroatoms. The molecule has 0 aliphatic rings. The van der Waals surface area contributed by atoms with Crippen LogP contribution >= 0.6 is 0 Å². The molecule has 1 atom stereocenters. The summed E-state index contributed by atoms with van der Waals surface area (Å²) in [6, 6.07) is 6.65. The van der Waals surface area contributed by atoms with Crippen molar-refractivity contribution >= 4 is 0 Å². The highest BCUT2D eigenvalue weighted by Crippen LogP contribution is 2.30. The van der Waals surface area contributed by atoms with Gasteiger partial charge in [-0.1, -0.05) is 18.2 Å². The summed E-state index contributed by atoms with van der Waals surface area (Å²) in [5.41, 5.74) is -0.721. The van der Waals surface area contributed by atoms with E-state index < -0.39 is 24.9 Å². The van der Waals surface area contributed by atoms with Crippen LogP contribution in [0.1, 0.15) is 12.5 Å². The molecule has 0 saturated heterocycles. The predicted molar refractivity (Wildman–Crippen MR) is 61.5 cm³/mol. The minimum atomic E-state index is -4.33. The van der Waals surface area contributed by atoms with E-state index in [0.29, 0.717) is 11.3 Å². The van der Waals surface area contributed by atoms with E-state index in [1.807, 2.05) is 0 Å². The third-order valence-electron chi connectivity index (χ3n) is 2.70. The second-order valence-electron chi connectivity index (χ2n) is 4.16. The van der Waals surface area contributed by atoms with Crippen LogP contribution in [0.25, 0.3) is 0 Å². The maximum Gasteiger partial charge on any atom is 0.401 e. The number of aliphatic hydroxyl groups excluding tert-OH is 1. The summed E-state index contributed by atoms with van der Waals surface area (Å²) in [6.07, 6.45) is -4.33. The molecule has 0 saturated carbocycles. The van der Waals surface area contributed by atoms with Gasteiger partial charge in [-0.3, -0.25) is 5.32 Å². The number of halogens is 3. The highest BCUT2D eigenvalue weighted by Gasteiger charge is 2.34. The van der Waals surface area contributed by atoms with E-state index in [9.17, 15) is 18.3 Å². The molecule has 3 nitrogen and oxygen atoms in total. The van der Waals surface area contributed by atoms with Crippen LogP contribution in [0, 0.1) is 0 Å². The van der Waals surface area contributed by atoms with Crippen LogP contribution in [0.15, 0.2) is 24.3 Å². The van der Waals surface area contributed by atoms with Gasteiger partial charge in [0.05, 0.1) is 25.8 Å². The number of aliphatic hydroxyl groups is 1. The Bertz CT molecular complexity index is 395. The Morgan fingerprint density at radius 2 is 1.89 bits per heavy atom. The monoisotopic (exact) mass is 263 g/mol. The van der Waals surface area contributed by atoms with Crippen molar-refractivity contribution in [3.05, 3.63) is 29.8 Å². The Hall–Kier alpha value is -1.27. The summed E-state index contributed by atoms with van der Waals surface area (Å²) >= 11 is 0. The highest BCUT2D eigenvalue weighted by atomic mass is 19.4. The van der Waals surface area contributed by atoms with Gasteiger partial charge in [0.1, 0.15) is 5.75 Å². The molecule has 0 fully saturated rings. The molecule has 0 aliphatic heterocycles. The first-order valence-electron chi connectivity index (χ1n) is 5.38. The average molecular weight is 263 g/mol. The lowest BCUT2D eigenvalue weighted by molar-refractivity contribution is -0.129. The number of rotatable bonds is 5. The number of hydrogen-bond acceptors (Lipinski definition) is 3. The zero-order chi connectivity index (χ0) is 13.8. The lowest BCUT2D eigenvalue weighted by atomic mass is 9.92. The van der Waals surface area contributed by atoms with E-state index in [2.05, 4.69) is 5.32 Å². The molecular formula is C12H16F3NO2. The smallest absolute Gasteiger partial charge is 0.401 e. The number of nitrogens with one attached hydrogen (secondary N) is 1. The standard InChI is InChI=1S/C12H16F3NO2/c1-11(8-17,16-7-12(13,14)15)9-5-3-4-6-10(9)18-2/h3-6,16-17H,7-8H2,1-2H3. The second-order valence-corrected chi connectivity index (χ2v) is 4.16. The Morgan fingerprint density at radius 1 is 1.28 bits per heavy atom. The quantitative estimate of drug-likeness (QED) is 0.854. The Kier molecular flexibility index (Phi) is 4.59. The SMILES string of the molecule is COc1ccccc1C(C)(CO)NCC(F)(F)F. The van der Waals surface area contributed by atoms with E-state index in [1.54, 1.807) is 24.3 Å². The van der Waals surface area contributed by atoms with E-state index in [1.165, 1.54) is 14.0 Å². The molecule has 1 rings (SSSR count). The average Bonchev–Trinajstić information content (AvgIpc) is 2.35. The Labute approximate surface area is 104 Å². The number of alkyl halides is 3. The molecule has 0 amide bonds. The first-order chi connectivity index (χ1) is 8.32. The first-order valence-corrected chi connectivity index (χ1v) is 5.38. The first kappa shape index (κ1) is 14.8. The van der Waals surface area contributed by atoms with Gasteiger partial charge >= 0.3 is 6.18 Å². The Balaban J connectivity index is 2.99. The summed E-state index contributed by atoms with van der Waals surface area (Å²) in [7, 11) is 1.43. The van der Waals surface area contributed by atoms with Crippen LogP contribution in [-0.2, 0) is 5.54 Å². The number of hydrogen-bond donors (Lipinski definition) is 2. The maximum absolute atomic E-state index is 12.2. The topological polar surface area (TPSA) is 41.5 Å². The van der Waals surface area contributed by atoms with Crippen LogP contribution in [-0.4, -0.2) is 31.5 Å². The molecule has 0 aliphatic carbocycles. The van der Waals surface area contributed by atoms with E-state index in [0.717, 1.165) is 0 Å². The van der Waals surface area contributed by atoms with Crippen LogP contribution in [0.2, 0.25) is 0 Å². The molecule has 18 heavy (non-hydrogen) atoms. The third-order valence-corrected chi connectivity index (χ3v) is 2.70. The fourth-order valence-electron chi connectivity index (χ4n) is 1.63. The molecule has 0 spiro atoms. The van der Waals surface area contributed by atoms with Crippen molar-refractivity contribution in [1.82, 2.24) is 5.32 Å². The zero-order valence-electron chi connectivity index (χ0n) is 10.2. The number of benzene rings is 1. The third kappa shape index (κ3) is 3.61. The van der Waals surface area contributed by atoms with Crippen molar-refractivity contribution in [2.24, 2.45) is 0 Å². The van der Waals surface area contributed by atoms with Crippen LogP contribution < -0.4 is 10.1 Å². The fourth-order valence-corrected chi connectivity index (χ4v) is 1.63. The second kappa shape index (κ2) is 5.58. The molecule has 1 unspecified atom stereocenters. The van der Waals surface area contributed by atoms with E-state index >= 15 is 0 Å². The summed E-state index contributed by atoms with van der Waals surface area (Å²) in [5, 5.41) is 11.7. The van der Waals surface area contributed by atoms with Gasteiger partial charge in [0, 0.05) is 5.56 Å². The summed E-state index contributed by atoms with van der Waals surface area (Å²) < 4.78 is 41.8. The van der Waals surface area contributed by atoms with Crippen LogP contribution in [0.3, 0.4) is 0 Å². The minimum absolute atomic E-state index is 0.434. The van der Waals surface area contributed by atoms with Gasteiger partial charge < -0.3 is 9.84 Å². The van der Waals surface area contributed by atoms with Gasteiger partial charge in [-0.15, -0.1) is 0 Å². The van der Waals surface area contributed by atoms with Crippen molar-refractivity contribution in [2.45, 2.75) is 18.6 Å².